The highest BCUT2D eigenvalue weighted by molar-refractivity contribution is 5.89. The molecule has 1 saturated carbocycles. The van der Waals surface area contributed by atoms with Gasteiger partial charge in [0, 0.05) is 6.54 Å². The topological polar surface area (TPSA) is 55.1 Å². The van der Waals surface area contributed by atoms with Crippen molar-refractivity contribution in [2.24, 2.45) is 5.73 Å². The highest BCUT2D eigenvalue weighted by Gasteiger charge is 2.39. The van der Waals surface area contributed by atoms with Crippen LogP contribution >= 0.6 is 12.4 Å². The Labute approximate surface area is 125 Å². The molecule has 1 amide bonds. The van der Waals surface area contributed by atoms with Gasteiger partial charge in [0.05, 0.1) is 5.54 Å². The van der Waals surface area contributed by atoms with Gasteiger partial charge in [-0.05, 0) is 35.6 Å². The molecule has 0 aromatic heterocycles. The summed E-state index contributed by atoms with van der Waals surface area (Å²) in [6.07, 6.45) is 2.65. The Morgan fingerprint density at radius 3 is 2.55 bits per heavy atom. The maximum Gasteiger partial charge on any atom is 0.240 e. The fourth-order valence-corrected chi connectivity index (χ4v) is 2.58. The molecule has 2 aromatic carbocycles. The molecular formula is C16H19ClN2O. The number of fused-ring (bicyclic) bond motifs is 1. The third-order valence-corrected chi connectivity index (χ3v) is 4.02. The van der Waals surface area contributed by atoms with Crippen molar-refractivity contribution in [1.82, 2.24) is 5.32 Å². The molecule has 0 radical (unpaired) electrons. The van der Waals surface area contributed by atoms with Crippen LogP contribution < -0.4 is 11.1 Å². The van der Waals surface area contributed by atoms with Crippen molar-refractivity contribution in [3.63, 3.8) is 0 Å². The lowest BCUT2D eigenvalue weighted by Crippen LogP contribution is -2.58. The van der Waals surface area contributed by atoms with Crippen LogP contribution in [0.2, 0.25) is 0 Å². The number of hydrogen-bond acceptors (Lipinski definition) is 2. The first-order valence-corrected chi connectivity index (χ1v) is 6.73. The van der Waals surface area contributed by atoms with Crippen LogP contribution in [0.3, 0.4) is 0 Å². The number of carbonyl (C=O) groups excluding carboxylic acids is 1. The third-order valence-electron chi connectivity index (χ3n) is 4.02. The van der Waals surface area contributed by atoms with E-state index in [1.165, 1.54) is 10.8 Å². The van der Waals surface area contributed by atoms with Gasteiger partial charge in [-0.25, -0.2) is 0 Å². The maximum absolute atomic E-state index is 12.0. The summed E-state index contributed by atoms with van der Waals surface area (Å²) in [4.78, 5) is 12.0. The normalized spacial score (nSPS) is 16.1. The first kappa shape index (κ1) is 14.8. The lowest BCUT2D eigenvalue weighted by atomic mass is 9.77. The van der Waals surface area contributed by atoms with Crippen molar-refractivity contribution in [3.8, 4) is 0 Å². The number of hydrogen-bond donors (Lipinski definition) is 2. The largest absolute Gasteiger partial charge is 0.350 e. The minimum Gasteiger partial charge on any atom is -0.350 e. The van der Waals surface area contributed by atoms with Crippen molar-refractivity contribution >= 4 is 29.1 Å². The molecule has 0 unspecified atom stereocenters. The first-order chi connectivity index (χ1) is 9.19. The van der Waals surface area contributed by atoms with Crippen molar-refractivity contribution in [1.29, 1.82) is 0 Å². The van der Waals surface area contributed by atoms with Crippen LogP contribution in [-0.4, -0.2) is 11.4 Å². The Bertz CT molecular complexity index is 617. The average Bonchev–Trinajstić information content (AvgIpc) is 2.42. The molecule has 2 aromatic rings. The molecule has 1 fully saturated rings. The van der Waals surface area contributed by atoms with Gasteiger partial charge in [-0.1, -0.05) is 42.5 Å². The van der Waals surface area contributed by atoms with E-state index in [0.717, 1.165) is 24.8 Å². The Kier molecular flexibility index (Phi) is 4.31. The number of nitrogens with two attached hydrogens (primary N) is 1. The summed E-state index contributed by atoms with van der Waals surface area (Å²) in [6, 6.07) is 14.3. The Balaban J connectivity index is 0.00000147. The molecule has 3 nitrogen and oxygen atoms in total. The van der Waals surface area contributed by atoms with E-state index in [9.17, 15) is 4.79 Å². The fourth-order valence-electron chi connectivity index (χ4n) is 2.58. The summed E-state index contributed by atoms with van der Waals surface area (Å²) < 4.78 is 0. The zero-order valence-electron chi connectivity index (χ0n) is 11.3. The standard InChI is InChI=1S/C16H18N2O.ClH/c17-16(9-4-10-16)15(19)18-11-13-7-3-6-12-5-1-2-8-14(12)13;/h1-3,5-8H,4,9-11,17H2,(H,18,19);1H. The SMILES string of the molecule is Cl.NC1(C(=O)NCc2cccc3ccccc23)CCC1. The van der Waals surface area contributed by atoms with Crippen molar-refractivity contribution in [3.05, 3.63) is 48.0 Å². The Morgan fingerprint density at radius 2 is 1.85 bits per heavy atom. The van der Waals surface area contributed by atoms with Crippen LogP contribution in [0.5, 0.6) is 0 Å². The van der Waals surface area contributed by atoms with Crippen LogP contribution in [0.15, 0.2) is 42.5 Å². The summed E-state index contributed by atoms with van der Waals surface area (Å²) in [7, 11) is 0. The molecule has 1 aliphatic rings. The van der Waals surface area contributed by atoms with Gasteiger partial charge in [-0.15, -0.1) is 12.4 Å². The second kappa shape index (κ2) is 5.81. The van der Waals surface area contributed by atoms with E-state index in [1.54, 1.807) is 0 Å². The second-order valence-corrected chi connectivity index (χ2v) is 5.33. The van der Waals surface area contributed by atoms with E-state index >= 15 is 0 Å². The monoisotopic (exact) mass is 290 g/mol. The van der Waals surface area contributed by atoms with Gasteiger partial charge in [0.1, 0.15) is 0 Å². The van der Waals surface area contributed by atoms with E-state index in [2.05, 4.69) is 23.5 Å². The molecular weight excluding hydrogens is 272 g/mol. The van der Waals surface area contributed by atoms with Gasteiger partial charge in [0.15, 0.2) is 0 Å². The van der Waals surface area contributed by atoms with Gasteiger partial charge in [-0.3, -0.25) is 4.79 Å². The number of nitrogens with one attached hydrogen (secondary N) is 1. The molecule has 20 heavy (non-hydrogen) atoms. The van der Waals surface area contributed by atoms with Crippen LogP contribution in [0.1, 0.15) is 24.8 Å². The molecule has 3 rings (SSSR count). The van der Waals surface area contributed by atoms with Gasteiger partial charge >= 0.3 is 0 Å². The average molecular weight is 291 g/mol. The zero-order chi connectivity index (χ0) is 13.3. The summed E-state index contributed by atoms with van der Waals surface area (Å²) in [5.41, 5.74) is 6.52. The van der Waals surface area contributed by atoms with E-state index in [0.29, 0.717) is 6.54 Å². The quantitative estimate of drug-likeness (QED) is 0.913. The van der Waals surface area contributed by atoms with E-state index in [4.69, 9.17) is 5.73 Å². The molecule has 0 saturated heterocycles. The van der Waals surface area contributed by atoms with Crippen LogP contribution in [-0.2, 0) is 11.3 Å². The smallest absolute Gasteiger partial charge is 0.240 e. The predicted octanol–water partition coefficient (Wildman–Crippen LogP) is 2.76. The van der Waals surface area contributed by atoms with Crippen molar-refractivity contribution in [2.75, 3.05) is 0 Å². The maximum atomic E-state index is 12.0. The fraction of sp³-hybridized carbons (Fsp3) is 0.312. The van der Waals surface area contributed by atoms with Gasteiger partial charge in [0.25, 0.3) is 0 Å². The molecule has 0 spiro atoms. The van der Waals surface area contributed by atoms with E-state index < -0.39 is 5.54 Å². The minimum absolute atomic E-state index is 0. The number of rotatable bonds is 3. The number of halogens is 1. The highest BCUT2D eigenvalue weighted by atomic mass is 35.5. The third kappa shape index (κ3) is 2.65. The molecule has 0 heterocycles. The van der Waals surface area contributed by atoms with Crippen LogP contribution in [0.25, 0.3) is 10.8 Å². The van der Waals surface area contributed by atoms with Crippen LogP contribution in [0, 0.1) is 0 Å². The molecule has 0 atom stereocenters. The lowest BCUT2D eigenvalue weighted by molar-refractivity contribution is -0.129. The van der Waals surface area contributed by atoms with Crippen LogP contribution in [0.4, 0.5) is 0 Å². The number of carbonyl (C=O) groups is 1. The zero-order valence-corrected chi connectivity index (χ0v) is 12.1. The summed E-state index contributed by atoms with van der Waals surface area (Å²) in [5.74, 6) is -0.0216. The van der Waals surface area contributed by atoms with Crippen molar-refractivity contribution < 1.29 is 4.79 Å². The Hall–Kier alpha value is -1.58. The summed E-state index contributed by atoms with van der Waals surface area (Å²) in [5, 5.41) is 5.35. The van der Waals surface area contributed by atoms with Gasteiger partial charge in [-0.2, -0.15) is 0 Å². The molecule has 4 heteroatoms. The van der Waals surface area contributed by atoms with E-state index in [1.807, 2.05) is 24.3 Å². The number of amides is 1. The molecule has 1 aliphatic carbocycles. The van der Waals surface area contributed by atoms with Crippen molar-refractivity contribution in [2.45, 2.75) is 31.3 Å². The molecule has 0 bridgehead atoms. The van der Waals surface area contributed by atoms with Gasteiger partial charge in [0.2, 0.25) is 5.91 Å². The predicted molar refractivity (Wildman–Crippen MR) is 83.8 cm³/mol. The lowest BCUT2D eigenvalue weighted by Gasteiger charge is -2.36. The first-order valence-electron chi connectivity index (χ1n) is 6.73. The molecule has 0 aliphatic heterocycles. The Morgan fingerprint density at radius 1 is 1.15 bits per heavy atom. The van der Waals surface area contributed by atoms with Gasteiger partial charge < -0.3 is 11.1 Å². The number of benzene rings is 2. The highest BCUT2D eigenvalue weighted by Crippen LogP contribution is 2.29. The minimum atomic E-state index is -0.620. The molecule has 3 N–H and O–H groups in total. The van der Waals surface area contributed by atoms with E-state index in [-0.39, 0.29) is 18.3 Å². The molecule has 106 valence electrons. The summed E-state index contributed by atoms with van der Waals surface area (Å²) in [6.45, 7) is 0.541. The second-order valence-electron chi connectivity index (χ2n) is 5.33. The summed E-state index contributed by atoms with van der Waals surface area (Å²) >= 11 is 0.